The average Bonchev–Trinajstić information content (AvgIpc) is 2.23. The van der Waals surface area contributed by atoms with Crippen molar-refractivity contribution in [3.05, 3.63) is 24.0 Å². The summed E-state index contributed by atoms with van der Waals surface area (Å²) in [6.45, 7) is 0.827. The van der Waals surface area contributed by atoms with Gasteiger partial charge >= 0.3 is 0 Å². The van der Waals surface area contributed by atoms with Crippen LogP contribution in [0, 0.1) is 5.92 Å². The molecule has 1 aromatic rings. The third kappa shape index (κ3) is 3.09. The van der Waals surface area contributed by atoms with Gasteiger partial charge in [-0.25, -0.2) is 0 Å². The SMILES string of the molecule is CN(CC1CCC1)C(=O)c1cnccc1N.Cl. The van der Waals surface area contributed by atoms with Crippen LogP contribution < -0.4 is 5.73 Å². The topological polar surface area (TPSA) is 59.2 Å². The summed E-state index contributed by atoms with van der Waals surface area (Å²) in [6, 6.07) is 1.66. The molecule has 1 amide bonds. The fourth-order valence-corrected chi connectivity index (χ4v) is 1.94. The minimum absolute atomic E-state index is 0. The fourth-order valence-electron chi connectivity index (χ4n) is 1.94. The smallest absolute Gasteiger partial charge is 0.257 e. The molecule has 1 fully saturated rings. The molecule has 0 bridgehead atoms. The van der Waals surface area contributed by atoms with Gasteiger partial charge in [-0.15, -0.1) is 12.4 Å². The number of carbonyl (C=O) groups excluding carboxylic acids is 1. The largest absolute Gasteiger partial charge is 0.398 e. The highest BCUT2D eigenvalue weighted by Crippen LogP contribution is 2.27. The van der Waals surface area contributed by atoms with Gasteiger partial charge in [0.1, 0.15) is 0 Å². The van der Waals surface area contributed by atoms with Crippen LogP contribution >= 0.6 is 12.4 Å². The van der Waals surface area contributed by atoms with Gasteiger partial charge in [0.2, 0.25) is 0 Å². The molecule has 0 unspecified atom stereocenters. The highest BCUT2D eigenvalue weighted by Gasteiger charge is 2.22. The number of rotatable bonds is 3. The van der Waals surface area contributed by atoms with Crippen molar-refractivity contribution in [2.45, 2.75) is 19.3 Å². The van der Waals surface area contributed by atoms with E-state index in [1.807, 2.05) is 7.05 Å². The zero-order chi connectivity index (χ0) is 11.5. The van der Waals surface area contributed by atoms with E-state index in [0.717, 1.165) is 6.54 Å². The number of aromatic nitrogens is 1. The summed E-state index contributed by atoms with van der Waals surface area (Å²) in [5.41, 5.74) is 6.75. The second-order valence-corrected chi connectivity index (χ2v) is 4.45. The Hall–Kier alpha value is -1.29. The lowest BCUT2D eigenvalue weighted by Crippen LogP contribution is -2.34. The number of hydrogen-bond acceptors (Lipinski definition) is 3. The van der Waals surface area contributed by atoms with Crippen LogP contribution in [0.5, 0.6) is 0 Å². The van der Waals surface area contributed by atoms with E-state index in [4.69, 9.17) is 5.73 Å². The zero-order valence-corrected chi connectivity index (χ0v) is 10.7. The maximum absolute atomic E-state index is 12.0. The van der Waals surface area contributed by atoms with Gasteiger partial charge in [0.05, 0.1) is 5.56 Å². The van der Waals surface area contributed by atoms with Crippen LogP contribution in [-0.4, -0.2) is 29.4 Å². The first-order valence-electron chi connectivity index (χ1n) is 5.63. The van der Waals surface area contributed by atoms with Gasteiger partial charge in [0.25, 0.3) is 5.91 Å². The second-order valence-electron chi connectivity index (χ2n) is 4.45. The van der Waals surface area contributed by atoms with E-state index in [1.165, 1.54) is 25.5 Å². The average molecular weight is 256 g/mol. The monoisotopic (exact) mass is 255 g/mol. The summed E-state index contributed by atoms with van der Waals surface area (Å²) in [4.78, 5) is 17.7. The molecule has 1 aliphatic carbocycles. The Bertz CT molecular complexity index is 393. The Morgan fingerprint density at radius 1 is 1.59 bits per heavy atom. The molecule has 0 aliphatic heterocycles. The first-order chi connectivity index (χ1) is 7.68. The Morgan fingerprint density at radius 2 is 2.29 bits per heavy atom. The molecule has 2 rings (SSSR count). The summed E-state index contributed by atoms with van der Waals surface area (Å²) in [5.74, 6) is 0.643. The molecule has 5 heteroatoms. The molecule has 1 heterocycles. The van der Waals surface area contributed by atoms with Gasteiger partial charge in [-0.05, 0) is 24.8 Å². The van der Waals surface area contributed by atoms with Crippen LogP contribution in [0.2, 0.25) is 0 Å². The molecule has 17 heavy (non-hydrogen) atoms. The van der Waals surface area contributed by atoms with Gasteiger partial charge in [-0.2, -0.15) is 0 Å². The van der Waals surface area contributed by atoms with Crippen molar-refractivity contribution < 1.29 is 4.79 Å². The van der Waals surface area contributed by atoms with E-state index in [1.54, 1.807) is 17.2 Å². The maximum Gasteiger partial charge on any atom is 0.257 e. The van der Waals surface area contributed by atoms with Crippen molar-refractivity contribution in [3.8, 4) is 0 Å². The predicted molar refractivity (Wildman–Crippen MR) is 70.2 cm³/mol. The Labute approximate surface area is 108 Å². The van der Waals surface area contributed by atoms with E-state index in [0.29, 0.717) is 17.2 Å². The number of carbonyl (C=O) groups is 1. The molecular weight excluding hydrogens is 238 g/mol. The predicted octanol–water partition coefficient (Wildman–Crippen LogP) is 1.96. The molecule has 0 radical (unpaired) electrons. The van der Waals surface area contributed by atoms with Crippen molar-refractivity contribution in [1.82, 2.24) is 9.88 Å². The number of hydrogen-bond donors (Lipinski definition) is 1. The van der Waals surface area contributed by atoms with E-state index >= 15 is 0 Å². The van der Waals surface area contributed by atoms with Crippen molar-refractivity contribution in [3.63, 3.8) is 0 Å². The highest BCUT2D eigenvalue weighted by atomic mass is 35.5. The van der Waals surface area contributed by atoms with Crippen molar-refractivity contribution in [2.24, 2.45) is 5.92 Å². The summed E-state index contributed by atoms with van der Waals surface area (Å²) in [5, 5.41) is 0. The van der Waals surface area contributed by atoms with E-state index in [-0.39, 0.29) is 18.3 Å². The minimum atomic E-state index is -0.0301. The van der Waals surface area contributed by atoms with E-state index in [2.05, 4.69) is 4.98 Å². The van der Waals surface area contributed by atoms with Gasteiger partial charge in [-0.1, -0.05) is 6.42 Å². The lowest BCUT2D eigenvalue weighted by Gasteiger charge is -2.30. The van der Waals surface area contributed by atoms with Crippen LogP contribution in [-0.2, 0) is 0 Å². The Morgan fingerprint density at radius 3 is 2.82 bits per heavy atom. The lowest BCUT2D eigenvalue weighted by molar-refractivity contribution is 0.0746. The molecule has 94 valence electrons. The van der Waals surface area contributed by atoms with E-state index < -0.39 is 0 Å². The van der Waals surface area contributed by atoms with Crippen LogP contribution in [0.4, 0.5) is 5.69 Å². The minimum Gasteiger partial charge on any atom is -0.398 e. The molecule has 0 aromatic carbocycles. The van der Waals surface area contributed by atoms with Gasteiger partial charge in [-0.3, -0.25) is 9.78 Å². The number of amides is 1. The number of nitrogens with two attached hydrogens (primary N) is 1. The molecule has 1 aromatic heterocycles. The summed E-state index contributed by atoms with van der Waals surface area (Å²) in [7, 11) is 1.83. The first-order valence-corrected chi connectivity index (χ1v) is 5.63. The Kier molecular flexibility index (Phi) is 4.75. The molecule has 1 saturated carbocycles. The van der Waals surface area contributed by atoms with E-state index in [9.17, 15) is 4.79 Å². The number of pyridine rings is 1. The molecule has 0 atom stereocenters. The first kappa shape index (κ1) is 13.8. The van der Waals surface area contributed by atoms with Crippen molar-refractivity contribution in [1.29, 1.82) is 0 Å². The zero-order valence-electron chi connectivity index (χ0n) is 9.93. The molecule has 4 nitrogen and oxygen atoms in total. The normalized spacial score (nSPS) is 14.6. The maximum atomic E-state index is 12.0. The lowest BCUT2D eigenvalue weighted by atomic mass is 9.85. The third-order valence-corrected chi connectivity index (χ3v) is 3.19. The molecule has 0 spiro atoms. The summed E-state index contributed by atoms with van der Waals surface area (Å²) in [6.07, 6.45) is 6.90. The van der Waals surface area contributed by atoms with Gasteiger partial charge in [0, 0.05) is 31.7 Å². The van der Waals surface area contributed by atoms with Crippen LogP contribution in [0.15, 0.2) is 18.5 Å². The van der Waals surface area contributed by atoms with Crippen LogP contribution in [0.25, 0.3) is 0 Å². The fraction of sp³-hybridized carbons (Fsp3) is 0.500. The summed E-state index contributed by atoms with van der Waals surface area (Å²) < 4.78 is 0. The van der Waals surface area contributed by atoms with Crippen LogP contribution in [0.3, 0.4) is 0 Å². The van der Waals surface area contributed by atoms with Gasteiger partial charge < -0.3 is 10.6 Å². The second kappa shape index (κ2) is 5.87. The number of anilines is 1. The number of nitrogen functional groups attached to an aromatic ring is 1. The van der Waals surface area contributed by atoms with Crippen LogP contribution in [0.1, 0.15) is 29.6 Å². The number of nitrogens with zero attached hydrogens (tertiary/aromatic N) is 2. The molecule has 2 N–H and O–H groups in total. The van der Waals surface area contributed by atoms with Crippen molar-refractivity contribution >= 4 is 24.0 Å². The highest BCUT2D eigenvalue weighted by molar-refractivity contribution is 5.98. The molecule has 0 saturated heterocycles. The quantitative estimate of drug-likeness (QED) is 0.898. The number of halogens is 1. The summed E-state index contributed by atoms with van der Waals surface area (Å²) >= 11 is 0. The molecule has 1 aliphatic rings. The standard InChI is InChI=1S/C12H17N3O.ClH/c1-15(8-9-3-2-4-9)12(16)10-7-14-6-5-11(10)13;/h5-7,9H,2-4,8H2,1H3,(H2,13,14);1H. The third-order valence-electron chi connectivity index (χ3n) is 3.19. The Balaban J connectivity index is 0.00000144. The van der Waals surface area contributed by atoms with Crippen molar-refractivity contribution in [2.75, 3.05) is 19.3 Å². The van der Waals surface area contributed by atoms with Gasteiger partial charge in [0.15, 0.2) is 0 Å². The molecular formula is C12H18ClN3O.